The number of benzene rings is 3. The Bertz CT molecular complexity index is 1670. The first-order chi connectivity index (χ1) is 20.3. The van der Waals surface area contributed by atoms with Crippen molar-refractivity contribution < 1.29 is 18.8 Å². The molecule has 0 spiro atoms. The van der Waals surface area contributed by atoms with Crippen LogP contribution in [-0.2, 0) is 16.0 Å². The third kappa shape index (κ3) is 5.71. The zero-order valence-corrected chi connectivity index (χ0v) is 23.8. The monoisotopic (exact) mass is 586 g/mol. The molecule has 0 fully saturated rings. The van der Waals surface area contributed by atoms with Gasteiger partial charge in [-0.2, -0.15) is 4.68 Å². The molecule has 0 radical (unpaired) electrons. The summed E-state index contributed by atoms with van der Waals surface area (Å²) in [6.07, 6.45) is 5.22. The molecule has 0 aliphatic carbocycles. The summed E-state index contributed by atoms with van der Waals surface area (Å²) in [6.45, 7) is 4.34. The number of hydrogen-bond donors (Lipinski definition) is 1. The van der Waals surface area contributed by atoms with Crippen molar-refractivity contribution in [3.05, 3.63) is 100 Å². The molecule has 1 atom stereocenters. The van der Waals surface area contributed by atoms with E-state index in [0.29, 0.717) is 24.2 Å². The van der Waals surface area contributed by atoms with Crippen LogP contribution in [0.15, 0.2) is 67.0 Å². The maximum atomic E-state index is 15.0. The van der Waals surface area contributed by atoms with E-state index in [9.17, 15) is 14.4 Å². The Balaban J connectivity index is 1.44. The number of fused-ring (bicyclic) bond motifs is 1. The van der Waals surface area contributed by atoms with Gasteiger partial charge in [0.1, 0.15) is 12.4 Å². The fourth-order valence-electron chi connectivity index (χ4n) is 5.19. The Labute approximate surface area is 247 Å². The normalized spacial score (nSPS) is 14.6. The van der Waals surface area contributed by atoms with Crippen molar-refractivity contribution in [3.8, 4) is 16.8 Å². The minimum Gasteiger partial charge on any atom is -0.352 e. The van der Waals surface area contributed by atoms with Crippen molar-refractivity contribution in [1.29, 1.82) is 0 Å². The van der Waals surface area contributed by atoms with Gasteiger partial charge >= 0.3 is 0 Å². The van der Waals surface area contributed by atoms with Gasteiger partial charge in [0.25, 0.3) is 5.91 Å². The van der Waals surface area contributed by atoms with Crippen molar-refractivity contribution in [1.82, 2.24) is 30.4 Å². The first kappa shape index (κ1) is 28.8. The highest BCUT2D eigenvalue weighted by Gasteiger charge is 2.34. The molecule has 0 bridgehead atoms. The molecule has 9 nitrogen and oxygen atoms in total. The van der Waals surface area contributed by atoms with Crippen LogP contribution in [0.25, 0.3) is 22.9 Å². The average molecular weight is 587 g/mol. The SMILES string of the molecule is CCCNC(=O)c1ccc(-c2cccc3c2CCN(C(=O)/C=C/c2c(-n4cnnn4)ccc(Cl)c2F)[C@@H]3C(C)=O)cc1. The largest absolute Gasteiger partial charge is 0.352 e. The molecule has 0 unspecified atom stereocenters. The lowest BCUT2D eigenvalue weighted by Crippen LogP contribution is -2.42. The molecule has 214 valence electrons. The summed E-state index contributed by atoms with van der Waals surface area (Å²) in [5.74, 6) is -1.49. The molecule has 5 rings (SSSR count). The summed E-state index contributed by atoms with van der Waals surface area (Å²) >= 11 is 6.01. The van der Waals surface area contributed by atoms with Gasteiger partial charge < -0.3 is 10.2 Å². The van der Waals surface area contributed by atoms with E-state index in [2.05, 4.69) is 20.8 Å². The van der Waals surface area contributed by atoms with E-state index in [0.717, 1.165) is 28.7 Å². The van der Waals surface area contributed by atoms with Crippen molar-refractivity contribution in [2.75, 3.05) is 13.1 Å². The third-order valence-corrected chi connectivity index (χ3v) is 7.47. The summed E-state index contributed by atoms with van der Waals surface area (Å²) in [5.41, 5.74) is 4.46. The molecule has 4 aromatic rings. The number of ketones is 1. The van der Waals surface area contributed by atoms with E-state index < -0.39 is 17.8 Å². The van der Waals surface area contributed by atoms with Crippen LogP contribution in [-0.4, -0.2) is 55.8 Å². The number of carbonyl (C=O) groups excluding carboxylic acids is 3. The predicted octanol–water partition coefficient (Wildman–Crippen LogP) is 4.99. The van der Waals surface area contributed by atoms with Gasteiger partial charge in [0.15, 0.2) is 11.6 Å². The van der Waals surface area contributed by atoms with Crippen LogP contribution in [0.3, 0.4) is 0 Å². The Morgan fingerprint density at radius 1 is 1.12 bits per heavy atom. The standard InChI is InChI=1S/C31H28ClFN6O3/c1-3-16-34-31(42)21-9-7-20(8-10-21)22-5-4-6-24-23(22)15-17-38(30(24)19(2)40)28(41)14-11-25-27(39-18-35-36-37-39)13-12-26(32)29(25)33/h4-14,18,30H,3,15-17H2,1-2H3,(H,34,42)/b14-11+/t30-/m1/s1. The lowest BCUT2D eigenvalue weighted by molar-refractivity contribution is -0.135. The number of aromatic nitrogens is 4. The van der Waals surface area contributed by atoms with Crippen LogP contribution < -0.4 is 5.32 Å². The van der Waals surface area contributed by atoms with Crippen LogP contribution in [0.4, 0.5) is 4.39 Å². The molecule has 1 aromatic heterocycles. The molecule has 0 saturated carbocycles. The lowest BCUT2D eigenvalue weighted by atomic mass is 9.85. The number of amides is 2. The highest BCUT2D eigenvalue weighted by molar-refractivity contribution is 6.31. The van der Waals surface area contributed by atoms with Gasteiger partial charge in [0.05, 0.1) is 10.7 Å². The molecule has 0 saturated heterocycles. The van der Waals surface area contributed by atoms with Gasteiger partial charge in [-0.25, -0.2) is 4.39 Å². The summed E-state index contributed by atoms with van der Waals surface area (Å²) in [5, 5.41) is 13.7. The van der Waals surface area contributed by atoms with Crippen LogP contribution >= 0.6 is 11.6 Å². The summed E-state index contributed by atoms with van der Waals surface area (Å²) in [4.78, 5) is 40.2. The Morgan fingerprint density at radius 3 is 2.60 bits per heavy atom. The van der Waals surface area contributed by atoms with Gasteiger partial charge in [-0.1, -0.05) is 48.9 Å². The minimum absolute atomic E-state index is 0.0362. The molecule has 1 N–H and O–H groups in total. The number of tetrazole rings is 1. The van der Waals surface area contributed by atoms with Crippen molar-refractivity contribution in [2.24, 2.45) is 0 Å². The highest BCUT2D eigenvalue weighted by atomic mass is 35.5. The molecule has 42 heavy (non-hydrogen) atoms. The van der Waals surface area contributed by atoms with Gasteiger partial charge in [0, 0.05) is 30.3 Å². The second-order valence-corrected chi connectivity index (χ2v) is 10.3. The maximum Gasteiger partial charge on any atom is 0.251 e. The lowest BCUT2D eigenvalue weighted by Gasteiger charge is -2.36. The molecular weight excluding hydrogens is 559 g/mol. The van der Waals surface area contributed by atoms with E-state index in [-0.39, 0.29) is 28.8 Å². The van der Waals surface area contributed by atoms with E-state index >= 15 is 4.39 Å². The minimum atomic E-state index is -0.812. The van der Waals surface area contributed by atoms with E-state index in [4.69, 9.17) is 11.6 Å². The molecule has 1 aliphatic rings. The van der Waals surface area contributed by atoms with Gasteiger partial charge in [0.2, 0.25) is 5.91 Å². The van der Waals surface area contributed by atoms with Crippen LogP contribution in [0.5, 0.6) is 0 Å². The number of carbonyl (C=O) groups is 3. The fraction of sp³-hybridized carbons (Fsp3) is 0.226. The molecule has 11 heteroatoms. The van der Waals surface area contributed by atoms with Crippen LogP contribution in [0.1, 0.15) is 53.4 Å². The number of hydrogen-bond acceptors (Lipinski definition) is 6. The quantitative estimate of drug-likeness (QED) is 0.291. The van der Waals surface area contributed by atoms with Crippen molar-refractivity contribution in [2.45, 2.75) is 32.7 Å². The molecule has 2 heterocycles. The van der Waals surface area contributed by atoms with Gasteiger partial charge in [-0.3, -0.25) is 14.4 Å². The Morgan fingerprint density at radius 2 is 1.90 bits per heavy atom. The topological polar surface area (TPSA) is 110 Å². The van der Waals surface area contributed by atoms with Crippen LogP contribution in [0.2, 0.25) is 5.02 Å². The zero-order chi connectivity index (χ0) is 29.8. The van der Waals surface area contributed by atoms with Crippen molar-refractivity contribution in [3.63, 3.8) is 0 Å². The first-order valence-electron chi connectivity index (χ1n) is 13.5. The second kappa shape index (κ2) is 12.4. The number of nitrogens with zero attached hydrogens (tertiary/aromatic N) is 5. The Kier molecular flexibility index (Phi) is 8.53. The molecular formula is C31H28ClFN6O3. The average Bonchev–Trinajstić information content (AvgIpc) is 3.54. The smallest absolute Gasteiger partial charge is 0.251 e. The number of rotatable bonds is 8. The molecule has 2 amide bonds. The fourth-order valence-corrected chi connectivity index (χ4v) is 5.36. The zero-order valence-electron chi connectivity index (χ0n) is 23.1. The summed E-state index contributed by atoms with van der Waals surface area (Å²) in [7, 11) is 0. The first-order valence-corrected chi connectivity index (χ1v) is 13.9. The maximum absolute atomic E-state index is 15.0. The molecule has 1 aliphatic heterocycles. The Hall–Kier alpha value is -4.70. The second-order valence-electron chi connectivity index (χ2n) is 9.88. The van der Waals surface area contributed by atoms with Crippen LogP contribution in [0, 0.1) is 5.82 Å². The van der Waals surface area contributed by atoms with Crippen molar-refractivity contribution >= 4 is 35.3 Å². The predicted molar refractivity (Wildman–Crippen MR) is 156 cm³/mol. The summed E-state index contributed by atoms with van der Waals surface area (Å²) in [6, 6.07) is 15.1. The van der Waals surface area contributed by atoms with E-state index in [1.54, 1.807) is 18.2 Å². The molecule has 3 aromatic carbocycles. The highest BCUT2D eigenvalue weighted by Crippen LogP contribution is 2.37. The van der Waals surface area contributed by atoms with E-state index in [1.807, 2.05) is 37.3 Å². The van der Waals surface area contributed by atoms with Gasteiger partial charge in [-0.15, -0.1) is 5.10 Å². The third-order valence-electron chi connectivity index (χ3n) is 7.18. The summed E-state index contributed by atoms with van der Waals surface area (Å²) < 4.78 is 16.3. The number of halogens is 2. The number of Topliss-reactive ketones (excluding diaryl/α,β-unsaturated/α-hetero) is 1. The van der Waals surface area contributed by atoms with Gasteiger partial charge in [-0.05, 0) is 82.8 Å². The number of nitrogens with one attached hydrogen (secondary N) is 1. The van der Waals surface area contributed by atoms with E-state index in [1.165, 1.54) is 41.1 Å².